The van der Waals surface area contributed by atoms with Crippen LogP contribution in [0.2, 0.25) is 0 Å². The number of halogens is 1. The summed E-state index contributed by atoms with van der Waals surface area (Å²) >= 11 is 1.45. The lowest BCUT2D eigenvalue weighted by Crippen LogP contribution is -2.47. The summed E-state index contributed by atoms with van der Waals surface area (Å²) in [4.78, 5) is 18.2. The zero-order valence-electron chi connectivity index (χ0n) is 20.6. The van der Waals surface area contributed by atoms with E-state index in [-0.39, 0.29) is 17.8 Å². The summed E-state index contributed by atoms with van der Waals surface area (Å²) < 4.78 is 25.3. The van der Waals surface area contributed by atoms with Crippen LogP contribution in [-0.4, -0.2) is 56.1 Å². The predicted molar refractivity (Wildman–Crippen MR) is 138 cm³/mol. The molecule has 0 radical (unpaired) electrons. The number of likely N-dealkylation sites (N-methyl/N-ethyl adjacent to an activating group) is 1. The van der Waals surface area contributed by atoms with Gasteiger partial charge in [-0.3, -0.25) is 9.69 Å². The summed E-state index contributed by atoms with van der Waals surface area (Å²) in [6.45, 7) is 2.68. The van der Waals surface area contributed by atoms with E-state index in [4.69, 9.17) is 9.47 Å². The lowest BCUT2D eigenvalue weighted by Gasteiger charge is -2.40. The minimum absolute atomic E-state index is 0.00842. The lowest BCUT2D eigenvalue weighted by atomic mass is 9.84. The number of ether oxygens (including phenoxy) is 2. The van der Waals surface area contributed by atoms with Crippen molar-refractivity contribution < 1.29 is 18.7 Å². The van der Waals surface area contributed by atoms with E-state index in [1.165, 1.54) is 23.0 Å². The van der Waals surface area contributed by atoms with Crippen LogP contribution in [0.5, 0.6) is 11.5 Å². The van der Waals surface area contributed by atoms with Gasteiger partial charge < -0.3 is 14.4 Å². The molecule has 1 amide bonds. The van der Waals surface area contributed by atoms with Crippen LogP contribution < -0.4 is 9.47 Å². The second-order valence-corrected chi connectivity index (χ2v) is 10.0. The van der Waals surface area contributed by atoms with Crippen LogP contribution in [0.25, 0.3) is 0 Å². The first-order valence-corrected chi connectivity index (χ1v) is 12.9. The summed E-state index contributed by atoms with van der Waals surface area (Å²) in [6, 6.07) is 16.6. The van der Waals surface area contributed by atoms with Gasteiger partial charge in [-0.05, 0) is 79.0 Å². The number of thiophene rings is 1. The van der Waals surface area contributed by atoms with Crippen LogP contribution in [0.1, 0.15) is 33.6 Å². The maximum absolute atomic E-state index is 14.5. The van der Waals surface area contributed by atoms with E-state index in [2.05, 4.69) is 11.0 Å². The third kappa shape index (κ3) is 6.03. The summed E-state index contributed by atoms with van der Waals surface area (Å²) in [5, 5.41) is 1.92. The van der Waals surface area contributed by atoms with E-state index < -0.39 is 0 Å². The summed E-state index contributed by atoms with van der Waals surface area (Å²) in [5.41, 5.74) is 1.84. The standard InChI is InChI=1S/C28H33FN2O3S/c1-30(28(32)27-9-6-16-35-27)24(18-22-7-4-5-8-23(22)29)21-12-14-31(15-13-21)19-20-10-11-25(33-2)26(17-20)34-3/h4-11,16-17,21,24H,12-15,18-19H2,1-3H3. The molecule has 3 aromatic rings. The third-order valence-electron chi connectivity index (χ3n) is 6.97. The Hall–Kier alpha value is -2.90. The molecule has 1 unspecified atom stereocenters. The third-order valence-corrected chi connectivity index (χ3v) is 7.83. The molecule has 0 aliphatic carbocycles. The number of methoxy groups -OCH3 is 2. The SMILES string of the molecule is COc1ccc(CN2CCC(C(Cc3ccccc3F)N(C)C(=O)c3cccs3)CC2)cc1OC. The average Bonchev–Trinajstić information content (AvgIpc) is 3.43. The van der Waals surface area contributed by atoms with Gasteiger partial charge in [0.2, 0.25) is 0 Å². The van der Waals surface area contributed by atoms with Crippen molar-refractivity contribution in [1.29, 1.82) is 0 Å². The van der Waals surface area contributed by atoms with Crippen molar-refractivity contribution in [2.24, 2.45) is 5.92 Å². The first-order valence-electron chi connectivity index (χ1n) is 12.0. The fraction of sp³-hybridized carbons (Fsp3) is 0.393. The zero-order chi connectivity index (χ0) is 24.8. The number of carbonyl (C=O) groups excluding carboxylic acids is 1. The molecular formula is C28H33FN2O3S. The maximum Gasteiger partial charge on any atom is 0.263 e. The molecule has 2 aromatic carbocycles. The lowest BCUT2D eigenvalue weighted by molar-refractivity contribution is 0.0588. The highest BCUT2D eigenvalue weighted by atomic mass is 32.1. The quantitative estimate of drug-likeness (QED) is 0.392. The summed E-state index contributed by atoms with van der Waals surface area (Å²) in [5.74, 6) is 1.56. The molecule has 0 spiro atoms. The van der Waals surface area contributed by atoms with Crippen molar-refractivity contribution in [3.05, 3.63) is 81.8 Å². The number of likely N-dealkylation sites (tertiary alicyclic amines) is 1. The van der Waals surface area contributed by atoms with Gasteiger partial charge in [0.1, 0.15) is 5.82 Å². The Morgan fingerprint density at radius 3 is 2.49 bits per heavy atom. The molecule has 7 heteroatoms. The summed E-state index contributed by atoms with van der Waals surface area (Å²) in [6.07, 6.45) is 2.42. The molecule has 186 valence electrons. The number of carbonyl (C=O) groups is 1. The molecule has 2 heterocycles. The van der Waals surface area contributed by atoms with Gasteiger partial charge in [-0.1, -0.05) is 30.3 Å². The molecule has 0 saturated carbocycles. The number of rotatable bonds is 9. The van der Waals surface area contributed by atoms with Crippen molar-refractivity contribution in [1.82, 2.24) is 9.80 Å². The molecule has 35 heavy (non-hydrogen) atoms. The zero-order valence-corrected chi connectivity index (χ0v) is 21.4. The molecule has 1 atom stereocenters. The Kier molecular flexibility index (Phi) is 8.42. The minimum Gasteiger partial charge on any atom is -0.493 e. The van der Waals surface area contributed by atoms with Gasteiger partial charge in [0, 0.05) is 19.6 Å². The van der Waals surface area contributed by atoms with Gasteiger partial charge in [-0.25, -0.2) is 4.39 Å². The van der Waals surface area contributed by atoms with E-state index in [0.29, 0.717) is 17.9 Å². The number of nitrogens with zero attached hydrogens (tertiary/aromatic N) is 2. The van der Waals surface area contributed by atoms with Crippen LogP contribution >= 0.6 is 11.3 Å². The van der Waals surface area contributed by atoms with Crippen molar-refractivity contribution in [3.8, 4) is 11.5 Å². The topological polar surface area (TPSA) is 42.0 Å². The Bertz CT molecular complexity index is 1110. The van der Waals surface area contributed by atoms with Crippen LogP contribution in [0, 0.1) is 11.7 Å². The van der Waals surface area contributed by atoms with Gasteiger partial charge in [0.05, 0.1) is 19.1 Å². The maximum atomic E-state index is 14.5. The monoisotopic (exact) mass is 496 g/mol. The van der Waals surface area contributed by atoms with Gasteiger partial charge in [0.15, 0.2) is 11.5 Å². The number of hydrogen-bond donors (Lipinski definition) is 0. The molecule has 1 aromatic heterocycles. The smallest absolute Gasteiger partial charge is 0.263 e. The van der Waals surface area contributed by atoms with E-state index in [1.54, 1.807) is 20.3 Å². The van der Waals surface area contributed by atoms with Gasteiger partial charge >= 0.3 is 0 Å². The number of amides is 1. The molecule has 1 saturated heterocycles. The van der Waals surface area contributed by atoms with Gasteiger partial charge in [-0.2, -0.15) is 0 Å². The Balaban J connectivity index is 1.46. The highest BCUT2D eigenvalue weighted by Gasteiger charge is 2.32. The molecule has 1 aliphatic rings. The fourth-order valence-electron chi connectivity index (χ4n) is 4.97. The second-order valence-electron chi connectivity index (χ2n) is 9.06. The van der Waals surface area contributed by atoms with Crippen LogP contribution in [0.15, 0.2) is 60.0 Å². The fourth-order valence-corrected chi connectivity index (χ4v) is 5.67. The van der Waals surface area contributed by atoms with E-state index >= 15 is 0 Å². The molecule has 4 rings (SSSR count). The van der Waals surface area contributed by atoms with Gasteiger partial charge in [0.25, 0.3) is 5.91 Å². The number of hydrogen-bond acceptors (Lipinski definition) is 5. The van der Waals surface area contributed by atoms with Crippen molar-refractivity contribution in [2.45, 2.75) is 31.8 Å². The van der Waals surface area contributed by atoms with Crippen LogP contribution in [0.4, 0.5) is 4.39 Å². The Morgan fingerprint density at radius 1 is 1.09 bits per heavy atom. The Morgan fingerprint density at radius 2 is 1.83 bits per heavy atom. The van der Waals surface area contributed by atoms with E-state index in [9.17, 15) is 9.18 Å². The first kappa shape index (κ1) is 25.2. The highest BCUT2D eigenvalue weighted by Crippen LogP contribution is 2.31. The molecule has 0 bridgehead atoms. The molecule has 1 aliphatic heterocycles. The molecule has 0 N–H and O–H groups in total. The minimum atomic E-state index is -0.208. The van der Waals surface area contributed by atoms with Crippen LogP contribution in [-0.2, 0) is 13.0 Å². The predicted octanol–water partition coefficient (Wildman–Crippen LogP) is 5.50. The van der Waals surface area contributed by atoms with Crippen molar-refractivity contribution in [3.63, 3.8) is 0 Å². The highest BCUT2D eigenvalue weighted by molar-refractivity contribution is 7.12. The van der Waals surface area contributed by atoms with Crippen LogP contribution in [0.3, 0.4) is 0 Å². The molecule has 5 nitrogen and oxygen atoms in total. The second kappa shape index (κ2) is 11.7. The van der Waals surface area contributed by atoms with Crippen molar-refractivity contribution >= 4 is 17.2 Å². The molecular weight excluding hydrogens is 463 g/mol. The Labute approximate surface area is 211 Å². The average molecular weight is 497 g/mol. The first-order chi connectivity index (χ1) is 17.0. The van der Waals surface area contributed by atoms with Crippen molar-refractivity contribution in [2.75, 3.05) is 34.4 Å². The summed E-state index contributed by atoms with van der Waals surface area (Å²) in [7, 11) is 5.15. The van der Waals surface area contributed by atoms with Gasteiger partial charge in [-0.15, -0.1) is 11.3 Å². The largest absolute Gasteiger partial charge is 0.493 e. The van der Waals surface area contributed by atoms with E-state index in [1.807, 2.05) is 53.7 Å². The molecule has 1 fully saturated rings. The number of piperidine rings is 1. The normalized spacial score (nSPS) is 15.5. The van der Waals surface area contributed by atoms with E-state index in [0.717, 1.165) is 48.9 Å². The number of benzene rings is 2.